The summed E-state index contributed by atoms with van der Waals surface area (Å²) in [5.41, 5.74) is 3.32. The summed E-state index contributed by atoms with van der Waals surface area (Å²) in [6, 6.07) is 8.84. The van der Waals surface area contributed by atoms with Crippen LogP contribution < -0.4 is 0 Å². The lowest BCUT2D eigenvalue weighted by molar-refractivity contribution is -0.0911. The van der Waals surface area contributed by atoms with Gasteiger partial charge in [0.15, 0.2) is 0 Å². The van der Waals surface area contributed by atoms with E-state index in [0.717, 1.165) is 25.3 Å². The molecular weight excluding hydrogens is 248 g/mol. The van der Waals surface area contributed by atoms with Gasteiger partial charge in [0.1, 0.15) is 0 Å². The fourth-order valence-corrected chi connectivity index (χ4v) is 3.53. The molecule has 0 N–H and O–H groups in total. The van der Waals surface area contributed by atoms with E-state index in [-0.39, 0.29) is 0 Å². The number of benzene rings is 1. The van der Waals surface area contributed by atoms with Crippen LogP contribution >= 0.6 is 0 Å². The molecule has 2 unspecified atom stereocenters. The monoisotopic (exact) mass is 270 g/mol. The molecule has 1 aromatic carbocycles. The molecule has 1 aliphatic heterocycles. The van der Waals surface area contributed by atoms with Crippen molar-refractivity contribution in [1.82, 2.24) is 4.90 Å². The largest absolute Gasteiger partial charge is 0.375 e. The Labute approximate surface area is 121 Å². The maximum atomic E-state index is 8.95. The van der Waals surface area contributed by atoms with Crippen LogP contribution in [0, 0.1) is 18.3 Å². The molecule has 0 spiro atoms. The Morgan fingerprint density at radius 3 is 3.00 bits per heavy atom. The zero-order valence-corrected chi connectivity index (χ0v) is 12.1. The molecule has 0 bridgehead atoms. The first-order valence-corrected chi connectivity index (χ1v) is 7.63. The van der Waals surface area contributed by atoms with E-state index in [2.05, 4.69) is 24.0 Å². The minimum Gasteiger partial charge on any atom is -0.375 e. The molecule has 1 saturated heterocycles. The third-order valence-electron chi connectivity index (χ3n) is 4.69. The zero-order valence-electron chi connectivity index (χ0n) is 12.1. The van der Waals surface area contributed by atoms with E-state index >= 15 is 0 Å². The van der Waals surface area contributed by atoms with E-state index in [1.807, 2.05) is 12.1 Å². The lowest BCUT2D eigenvalue weighted by Crippen LogP contribution is -2.52. The van der Waals surface area contributed by atoms with Crippen molar-refractivity contribution in [3.05, 3.63) is 34.9 Å². The van der Waals surface area contributed by atoms with Gasteiger partial charge in [-0.25, -0.2) is 0 Å². The molecule has 1 aliphatic carbocycles. The van der Waals surface area contributed by atoms with Gasteiger partial charge in [-0.1, -0.05) is 18.9 Å². The normalized spacial score (nSPS) is 26.8. The van der Waals surface area contributed by atoms with E-state index < -0.39 is 0 Å². The van der Waals surface area contributed by atoms with Crippen molar-refractivity contribution in [3.8, 4) is 6.07 Å². The van der Waals surface area contributed by atoms with Gasteiger partial charge in [0.05, 0.1) is 24.3 Å². The van der Waals surface area contributed by atoms with Crippen LogP contribution in [0.1, 0.15) is 42.4 Å². The minimum atomic E-state index is 0.441. The fraction of sp³-hybridized carbons (Fsp3) is 0.588. The van der Waals surface area contributed by atoms with E-state index in [4.69, 9.17) is 10.00 Å². The van der Waals surface area contributed by atoms with Crippen molar-refractivity contribution in [2.75, 3.05) is 13.2 Å². The number of hydrogen-bond donors (Lipinski definition) is 0. The molecule has 0 amide bonds. The molecule has 0 radical (unpaired) electrons. The van der Waals surface area contributed by atoms with Gasteiger partial charge in [-0.2, -0.15) is 5.26 Å². The predicted molar refractivity (Wildman–Crippen MR) is 78.3 cm³/mol. The minimum absolute atomic E-state index is 0.441. The van der Waals surface area contributed by atoms with Crippen LogP contribution in [0.2, 0.25) is 0 Å². The van der Waals surface area contributed by atoms with Gasteiger partial charge >= 0.3 is 0 Å². The lowest BCUT2D eigenvalue weighted by Gasteiger charge is -2.44. The second kappa shape index (κ2) is 5.95. The van der Waals surface area contributed by atoms with Gasteiger partial charge in [-0.15, -0.1) is 0 Å². The van der Waals surface area contributed by atoms with E-state index in [0.29, 0.717) is 12.1 Å². The van der Waals surface area contributed by atoms with Crippen molar-refractivity contribution in [2.24, 2.45) is 0 Å². The average Bonchev–Trinajstić information content (AvgIpc) is 2.49. The maximum absolute atomic E-state index is 8.95. The van der Waals surface area contributed by atoms with Gasteiger partial charge < -0.3 is 4.74 Å². The summed E-state index contributed by atoms with van der Waals surface area (Å²) < 4.78 is 5.93. The third kappa shape index (κ3) is 2.72. The van der Waals surface area contributed by atoms with Crippen LogP contribution in [0.15, 0.2) is 18.2 Å². The highest BCUT2D eigenvalue weighted by Crippen LogP contribution is 2.29. The first kappa shape index (κ1) is 13.6. The van der Waals surface area contributed by atoms with E-state index in [1.165, 1.54) is 36.8 Å². The lowest BCUT2D eigenvalue weighted by atomic mass is 9.89. The quantitative estimate of drug-likeness (QED) is 0.829. The summed E-state index contributed by atoms with van der Waals surface area (Å²) in [6.45, 7) is 4.98. The Kier molecular flexibility index (Phi) is 4.05. The van der Waals surface area contributed by atoms with Crippen molar-refractivity contribution in [1.29, 1.82) is 5.26 Å². The second-order valence-corrected chi connectivity index (χ2v) is 5.98. The summed E-state index contributed by atoms with van der Waals surface area (Å²) in [5.74, 6) is 0. The SMILES string of the molecule is Cc1cc(C#N)ccc1CN1CCOC2CCCCC21. The van der Waals surface area contributed by atoms with Gasteiger partial charge in [0.25, 0.3) is 0 Å². The van der Waals surface area contributed by atoms with Crippen LogP contribution in [-0.2, 0) is 11.3 Å². The molecule has 1 saturated carbocycles. The third-order valence-corrected chi connectivity index (χ3v) is 4.69. The Morgan fingerprint density at radius 2 is 2.20 bits per heavy atom. The first-order valence-electron chi connectivity index (χ1n) is 7.63. The van der Waals surface area contributed by atoms with Gasteiger partial charge in [-0.3, -0.25) is 4.90 Å². The molecule has 2 aliphatic rings. The average molecular weight is 270 g/mol. The maximum Gasteiger partial charge on any atom is 0.0991 e. The highest BCUT2D eigenvalue weighted by atomic mass is 16.5. The summed E-state index contributed by atoms with van der Waals surface area (Å²) in [7, 11) is 0. The van der Waals surface area contributed by atoms with Crippen molar-refractivity contribution < 1.29 is 4.74 Å². The zero-order chi connectivity index (χ0) is 13.9. The molecule has 2 fully saturated rings. The standard InChI is InChI=1S/C17H22N2O/c1-13-10-14(11-18)6-7-15(13)12-19-8-9-20-17-5-3-2-4-16(17)19/h6-7,10,16-17H,2-5,8-9,12H2,1H3. The van der Waals surface area contributed by atoms with Crippen LogP contribution in [-0.4, -0.2) is 30.2 Å². The molecule has 2 atom stereocenters. The topological polar surface area (TPSA) is 36.3 Å². The smallest absolute Gasteiger partial charge is 0.0991 e. The number of nitriles is 1. The highest BCUT2D eigenvalue weighted by molar-refractivity contribution is 5.37. The van der Waals surface area contributed by atoms with Crippen LogP contribution in [0.3, 0.4) is 0 Å². The number of aryl methyl sites for hydroxylation is 1. The second-order valence-electron chi connectivity index (χ2n) is 5.98. The Bertz CT molecular complexity index is 518. The number of hydrogen-bond acceptors (Lipinski definition) is 3. The summed E-state index contributed by atoms with van der Waals surface area (Å²) in [6.07, 6.45) is 5.56. The molecule has 1 heterocycles. The van der Waals surface area contributed by atoms with E-state index in [9.17, 15) is 0 Å². The molecule has 106 valence electrons. The van der Waals surface area contributed by atoms with Crippen LogP contribution in [0.4, 0.5) is 0 Å². The van der Waals surface area contributed by atoms with Crippen molar-refractivity contribution in [2.45, 2.75) is 51.3 Å². The van der Waals surface area contributed by atoms with Gasteiger partial charge in [-0.05, 0) is 43.0 Å². The predicted octanol–water partition coefficient (Wildman–Crippen LogP) is 3.01. The summed E-state index contributed by atoms with van der Waals surface area (Å²) in [5, 5.41) is 8.95. The summed E-state index contributed by atoms with van der Waals surface area (Å²) >= 11 is 0. The van der Waals surface area contributed by atoms with E-state index in [1.54, 1.807) is 0 Å². The Balaban J connectivity index is 1.74. The molecule has 3 heteroatoms. The molecule has 0 aromatic heterocycles. The molecule has 3 rings (SSSR count). The molecule has 1 aromatic rings. The molecule has 3 nitrogen and oxygen atoms in total. The summed E-state index contributed by atoms with van der Waals surface area (Å²) in [4.78, 5) is 2.59. The number of nitrogens with zero attached hydrogens (tertiary/aromatic N) is 2. The Hall–Kier alpha value is -1.37. The number of rotatable bonds is 2. The van der Waals surface area contributed by atoms with Gasteiger partial charge in [0, 0.05) is 19.1 Å². The first-order chi connectivity index (χ1) is 9.78. The van der Waals surface area contributed by atoms with Gasteiger partial charge in [0.2, 0.25) is 0 Å². The van der Waals surface area contributed by atoms with Crippen LogP contribution in [0.5, 0.6) is 0 Å². The van der Waals surface area contributed by atoms with Crippen LogP contribution in [0.25, 0.3) is 0 Å². The number of morpholine rings is 1. The Morgan fingerprint density at radius 1 is 1.35 bits per heavy atom. The fourth-order valence-electron chi connectivity index (χ4n) is 3.53. The molecule has 20 heavy (non-hydrogen) atoms. The number of fused-ring (bicyclic) bond motifs is 1. The van der Waals surface area contributed by atoms with Crippen molar-refractivity contribution >= 4 is 0 Å². The number of ether oxygens (including phenoxy) is 1. The van der Waals surface area contributed by atoms with Crippen molar-refractivity contribution in [3.63, 3.8) is 0 Å². The highest BCUT2D eigenvalue weighted by Gasteiger charge is 2.34. The molecular formula is C17H22N2O.